The highest BCUT2D eigenvalue weighted by Crippen LogP contribution is 2.23. The third kappa shape index (κ3) is 2.81. The van der Waals surface area contributed by atoms with E-state index >= 15 is 0 Å². The molecule has 104 valence electrons. The maximum absolute atomic E-state index is 9.28. The lowest BCUT2D eigenvalue weighted by atomic mass is 10.1. The molecule has 3 aromatic rings. The number of hydrogen-bond acceptors (Lipinski definition) is 4. The van der Waals surface area contributed by atoms with Gasteiger partial charge in [-0.1, -0.05) is 30.3 Å². The summed E-state index contributed by atoms with van der Waals surface area (Å²) in [5.41, 5.74) is 3.58. The molecule has 0 aliphatic carbocycles. The summed E-state index contributed by atoms with van der Waals surface area (Å²) in [6, 6.07) is 11.5. The second kappa shape index (κ2) is 5.58. The van der Waals surface area contributed by atoms with Crippen LogP contribution in [0.1, 0.15) is 11.4 Å². The van der Waals surface area contributed by atoms with Gasteiger partial charge < -0.3 is 9.67 Å². The maximum Gasteiger partial charge on any atom is 0.314 e. The molecule has 3 rings (SSSR count). The van der Waals surface area contributed by atoms with Gasteiger partial charge in [-0.15, -0.1) is 0 Å². The lowest BCUT2D eigenvalue weighted by Crippen LogP contribution is -1.90. The van der Waals surface area contributed by atoms with Crippen molar-refractivity contribution in [1.82, 2.24) is 19.5 Å². The lowest BCUT2D eigenvalue weighted by molar-refractivity contribution is 0.430. The Bertz CT molecular complexity index is 778. The molecule has 21 heavy (non-hydrogen) atoms. The number of aromatic nitrogens is 4. The van der Waals surface area contributed by atoms with Crippen molar-refractivity contribution in [3.05, 3.63) is 60.3 Å². The quantitative estimate of drug-likeness (QED) is 0.800. The van der Waals surface area contributed by atoms with Gasteiger partial charge in [0.25, 0.3) is 0 Å². The van der Waals surface area contributed by atoms with Gasteiger partial charge in [0.15, 0.2) is 0 Å². The van der Waals surface area contributed by atoms with Gasteiger partial charge in [-0.05, 0) is 18.2 Å². The standard InChI is InChI=1S/C16H14N4O/c1-20-11-18-15(12-5-3-2-4-6-12)14(20)8-7-13-9-10-17-16(21)19-13/h2-11H,1H3,(H,17,19,21). The summed E-state index contributed by atoms with van der Waals surface area (Å²) in [5.74, 6) is 0. The van der Waals surface area contributed by atoms with Crippen LogP contribution >= 0.6 is 0 Å². The van der Waals surface area contributed by atoms with Crippen molar-refractivity contribution in [2.24, 2.45) is 7.05 Å². The van der Waals surface area contributed by atoms with E-state index in [0.29, 0.717) is 5.69 Å². The van der Waals surface area contributed by atoms with Crippen LogP contribution in [0.3, 0.4) is 0 Å². The van der Waals surface area contributed by atoms with E-state index in [2.05, 4.69) is 15.0 Å². The average Bonchev–Trinajstić information content (AvgIpc) is 2.87. The van der Waals surface area contributed by atoms with Gasteiger partial charge in [-0.3, -0.25) is 0 Å². The predicted molar refractivity (Wildman–Crippen MR) is 81.3 cm³/mol. The molecule has 0 aliphatic heterocycles. The van der Waals surface area contributed by atoms with Gasteiger partial charge in [-0.25, -0.2) is 9.97 Å². The molecule has 0 bridgehead atoms. The molecule has 5 heteroatoms. The fourth-order valence-electron chi connectivity index (χ4n) is 2.07. The van der Waals surface area contributed by atoms with Crippen molar-refractivity contribution in [3.8, 4) is 17.3 Å². The Morgan fingerprint density at radius 1 is 1.05 bits per heavy atom. The first kappa shape index (κ1) is 13.1. The number of hydrogen-bond donors (Lipinski definition) is 1. The van der Waals surface area contributed by atoms with Gasteiger partial charge in [0.1, 0.15) is 0 Å². The Morgan fingerprint density at radius 3 is 2.62 bits per heavy atom. The minimum absolute atomic E-state index is 0.231. The fourth-order valence-corrected chi connectivity index (χ4v) is 2.07. The van der Waals surface area contributed by atoms with Crippen molar-refractivity contribution >= 4 is 12.2 Å². The largest absolute Gasteiger partial charge is 0.479 e. The Labute approximate surface area is 122 Å². The van der Waals surface area contributed by atoms with E-state index in [1.165, 1.54) is 6.20 Å². The van der Waals surface area contributed by atoms with Crippen molar-refractivity contribution < 1.29 is 5.11 Å². The van der Waals surface area contributed by atoms with Crippen LogP contribution in [-0.4, -0.2) is 24.6 Å². The van der Waals surface area contributed by atoms with Crippen LogP contribution in [0, 0.1) is 0 Å². The van der Waals surface area contributed by atoms with E-state index in [1.807, 2.05) is 54.1 Å². The van der Waals surface area contributed by atoms with Crippen molar-refractivity contribution in [2.75, 3.05) is 0 Å². The molecule has 1 N–H and O–H groups in total. The molecule has 0 atom stereocenters. The van der Waals surface area contributed by atoms with Crippen molar-refractivity contribution in [3.63, 3.8) is 0 Å². The zero-order chi connectivity index (χ0) is 14.7. The number of nitrogens with zero attached hydrogens (tertiary/aromatic N) is 4. The molecule has 2 aromatic heterocycles. The molecule has 0 aliphatic rings. The van der Waals surface area contributed by atoms with Crippen LogP contribution in [0.25, 0.3) is 23.4 Å². The third-order valence-corrected chi connectivity index (χ3v) is 3.11. The number of imidazole rings is 1. The van der Waals surface area contributed by atoms with Crippen LogP contribution < -0.4 is 0 Å². The van der Waals surface area contributed by atoms with E-state index in [9.17, 15) is 5.11 Å². The average molecular weight is 278 g/mol. The van der Waals surface area contributed by atoms with Crippen molar-refractivity contribution in [1.29, 1.82) is 0 Å². The van der Waals surface area contributed by atoms with Crippen LogP contribution in [0.5, 0.6) is 6.01 Å². The van der Waals surface area contributed by atoms with E-state index in [0.717, 1.165) is 17.0 Å². The molecule has 0 amide bonds. The van der Waals surface area contributed by atoms with E-state index < -0.39 is 0 Å². The first-order chi connectivity index (χ1) is 10.2. The predicted octanol–water partition coefficient (Wildman–Crippen LogP) is 2.75. The molecule has 0 saturated heterocycles. The van der Waals surface area contributed by atoms with Gasteiger partial charge in [0.05, 0.1) is 23.4 Å². The Hall–Kier alpha value is -2.95. The zero-order valence-corrected chi connectivity index (χ0v) is 11.5. The second-order valence-corrected chi connectivity index (χ2v) is 4.57. The minimum atomic E-state index is -0.231. The fraction of sp³-hybridized carbons (Fsp3) is 0.0625. The Morgan fingerprint density at radius 2 is 1.86 bits per heavy atom. The highest BCUT2D eigenvalue weighted by atomic mass is 16.3. The van der Waals surface area contributed by atoms with Crippen molar-refractivity contribution in [2.45, 2.75) is 0 Å². The van der Waals surface area contributed by atoms with Gasteiger partial charge in [0.2, 0.25) is 0 Å². The van der Waals surface area contributed by atoms with Crippen LogP contribution in [0.2, 0.25) is 0 Å². The van der Waals surface area contributed by atoms with Crippen LogP contribution in [0.4, 0.5) is 0 Å². The van der Waals surface area contributed by atoms with E-state index in [4.69, 9.17) is 0 Å². The summed E-state index contributed by atoms with van der Waals surface area (Å²) in [6.45, 7) is 0. The molecule has 0 unspecified atom stereocenters. The smallest absolute Gasteiger partial charge is 0.314 e. The monoisotopic (exact) mass is 278 g/mol. The summed E-state index contributed by atoms with van der Waals surface area (Å²) >= 11 is 0. The van der Waals surface area contributed by atoms with E-state index in [-0.39, 0.29) is 6.01 Å². The summed E-state index contributed by atoms with van der Waals surface area (Å²) in [7, 11) is 1.94. The third-order valence-electron chi connectivity index (χ3n) is 3.11. The topological polar surface area (TPSA) is 63.8 Å². The summed E-state index contributed by atoms with van der Waals surface area (Å²) < 4.78 is 1.94. The van der Waals surface area contributed by atoms with Gasteiger partial charge >= 0.3 is 6.01 Å². The normalized spacial score (nSPS) is 11.1. The Balaban J connectivity index is 1.98. The van der Waals surface area contributed by atoms with Crippen LogP contribution in [-0.2, 0) is 7.05 Å². The SMILES string of the molecule is Cn1cnc(-c2ccccc2)c1C=Cc1ccnc(O)n1. The number of rotatable bonds is 3. The molecule has 0 radical (unpaired) electrons. The van der Waals surface area contributed by atoms with Crippen LogP contribution in [0.15, 0.2) is 48.9 Å². The molecular weight excluding hydrogens is 264 g/mol. The van der Waals surface area contributed by atoms with E-state index in [1.54, 1.807) is 12.4 Å². The summed E-state index contributed by atoms with van der Waals surface area (Å²) in [4.78, 5) is 12.0. The zero-order valence-electron chi connectivity index (χ0n) is 11.5. The second-order valence-electron chi connectivity index (χ2n) is 4.57. The number of benzene rings is 1. The molecular formula is C16H14N4O. The number of aromatic hydroxyl groups is 1. The molecule has 5 nitrogen and oxygen atoms in total. The minimum Gasteiger partial charge on any atom is -0.479 e. The highest BCUT2D eigenvalue weighted by molar-refractivity contribution is 5.76. The first-order valence-corrected chi connectivity index (χ1v) is 6.51. The number of aryl methyl sites for hydroxylation is 1. The molecule has 0 spiro atoms. The first-order valence-electron chi connectivity index (χ1n) is 6.51. The Kier molecular flexibility index (Phi) is 3.47. The summed E-state index contributed by atoms with van der Waals surface area (Å²) in [6.07, 6.45) is 7.05. The van der Waals surface area contributed by atoms with Gasteiger partial charge in [0, 0.05) is 18.8 Å². The molecule has 1 aromatic carbocycles. The highest BCUT2D eigenvalue weighted by Gasteiger charge is 2.08. The lowest BCUT2D eigenvalue weighted by Gasteiger charge is -2.01. The molecule has 0 saturated carbocycles. The molecule has 0 fully saturated rings. The van der Waals surface area contributed by atoms with Gasteiger partial charge in [-0.2, -0.15) is 4.98 Å². The maximum atomic E-state index is 9.28. The molecule has 2 heterocycles. The summed E-state index contributed by atoms with van der Waals surface area (Å²) in [5, 5.41) is 9.28.